The lowest BCUT2D eigenvalue weighted by Gasteiger charge is -2.21. The number of fused-ring (bicyclic) bond motifs is 3. The zero-order chi connectivity index (χ0) is 13.5. The van der Waals surface area contributed by atoms with Crippen LogP contribution in [0.15, 0.2) is 42.9 Å². The molecule has 100 valence electrons. The van der Waals surface area contributed by atoms with Crippen LogP contribution >= 0.6 is 0 Å². The third kappa shape index (κ3) is 1.70. The summed E-state index contributed by atoms with van der Waals surface area (Å²) in [6.07, 6.45) is 8.48. The van der Waals surface area contributed by atoms with Crippen LogP contribution in [0.25, 0.3) is 21.7 Å². The van der Waals surface area contributed by atoms with E-state index in [1.54, 1.807) is 0 Å². The molecule has 0 radical (unpaired) electrons. The Balaban J connectivity index is 2.01. The maximum absolute atomic E-state index is 4.62. The fourth-order valence-electron chi connectivity index (χ4n) is 3.36. The number of aromatic nitrogens is 2. The summed E-state index contributed by atoms with van der Waals surface area (Å²) in [5.74, 6) is 0. The van der Waals surface area contributed by atoms with Crippen molar-refractivity contribution in [3.63, 3.8) is 0 Å². The van der Waals surface area contributed by atoms with Crippen LogP contribution in [0.4, 0.5) is 0 Å². The molecule has 0 bridgehead atoms. The Kier molecular flexibility index (Phi) is 2.67. The molecule has 3 heterocycles. The molecule has 0 amide bonds. The standard InChI is InChI=1S/C17H17N3/c1-20-8-4-7-17(20)15-10-18-9-13-12-5-2-3-6-16(12)19-11-14(13)15/h2-3,5-6,9-11,17H,4,7-8H2,1H3/t17-/m0/s1. The number of nitrogens with zero attached hydrogens (tertiary/aromatic N) is 3. The molecule has 20 heavy (non-hydrogen) atoms. The third-order valence-electron chi connectivity index (χ3n) is 4.42. The van der Waals surface area contributed by atoms with E-state index < -0.39 is 0 Å². The van der Waals surface area contributed by atoms with Crippen LogP contribution in [0.3, 0.4) is 0 Å². The minimum atomic E-state index is 0.481. The molecular formula is C17H17N3. The summed E-state index contributed by atoms with van der Waals surface area (Å²) in [6.45, 7) is 1.17. The summed E-state index contributed by atoms with van der Waals surface area (Å²) in [5, 5.41) is 3.66. The van der Waals surface area contributed by atoms with E-state index in [9.17, 15) is 0 Å². The highest BCUT2D eigenvalue weighted by Gasteiger charge is 2.24. The van der Waals surface area contributed by atoms with E-state index in [1.165, 1.54) is 41.1 Å². The highest BCUT2D eigenvalue weighted by molar-refractivity contribution is 6.05. The Morgan fingerprint density at radius 1 is 1.05 bits per heavy atom. The fraction of sp³-hybridized carbons (Fsp3) is 0.294. The predicted octanol–water partition coefficient (Wildman–Crippen LogP) is 3.55. The lowest BCUT2D eigenvalue weighted by molar-refractivity contribution is 0.318. The normalized spacial score (nSPS) is 19.9. The summed E-state index contributed by atoms with van der Waals surface area (Å²) >= 11 is 0. The SMILES string of the molecule is CN1CCC[C@H]1c1cncc2c1cnc1ccccc12. The first kappa shape index (κ1) is 11.8. The highest BCUT2D eigenvalue weighted by Crippen LogP contribution is 2.35. The van der Waals surface area contributed by atoms with E-state index in [1.807, 2.05) is 24.7 Å². The Morgan fingerprint density at radius 3 is 2.80 bits per heavy atom. The molecule has 4 rings (SSSR count). The summed E-state index contributed by atoms with van der Waals surface area (Å²) in [4.78, 5) is 11.5. The van der Waals surface area contributed by atoms with Gasteiger partial charge in [0.25, 0.3) is 0 Å². The first-order valence-electron chi connectivity index (χ1n) is 7.16. The van der Waals surface area contributed by atoms with Crippen LogP contribution in [0.5, 0.6) is 0 Å². The molecule has 3 aromatic rings. The molecule has 1 atom stereocenters. The zero-order valence-electron chi connectivity index (χ0n) is 11.6. The van der Waals surface area contributed by atoms with Crippen LogP contribution < -0.4 is 0 Å². The molecule has 0 N–H and O–H groups in total. The Morgan fingerprint density at radius 2 is 1.95 bits per heavy atom. The van der Waals surface area contributed by atoms with Gasteiger partial charge in [0.1, 0.15) is 0 Å². The maximum Gasteiger partial charge on any atom is 0.0709 e. The third-order valence-corrected chi connectivity index (χ3v) is 4.42. The molecule has 1 aromatic carbocycles. The monoisotopic (exact) mass is 263 g/mol. The van der Waals surface area contributed by atoms with Crippen molar-refractivity contribution in [1.82, 2.24) is 14.9 Å². The molecule has 0 aliphatic carbocycles. The molecule has 1 aliphatic rings. The van der Waals surface area contributed by atoms with Crippen LogP contribution in [0, 0.1) is 0 Å². The van der Waals surface area contributed by atoms with Crippen LogP contribution in [0.1, 0.15) is 24.4 Å². The molecule has 1 aliphatic heterocycles. The molecule has 2 aromatic heterocycles. The van der Waals surface area contributed by atoms with Crippen molar-refractivity contribution >= 4 is 21.7 Å². The van der Waals surface area contributed by atoms with Gasteiger partial charge >= 0.3 is 0 Å². The van der Waals surface area contributed by atoms with Crippen LogP contribution in [-0.2, 0) is 0 Å². The van der Waals surface area contributed by atoms with Gasteiger partial charge < -0.3 is 0 Å². The van der Waals surface area contributed by atoms with E-state index in [0.717, 1.165) is 5.52 Å². The minimum Gasteiger partial charge on any atom is -0.299 e. The van der Waals surface area contributed by atoms with Crippen molar-refractivity contribution in [2.75, 3.05) is 13.6 Å². The first-order valence-corrected chi connectivity index (χ1v) is 7.16. The van der Waals surface area contributed by atoms with Gasteiger partial charge in [-0.2, -0.15) is 0 Å². The summed E-state index contributed by atoms with van der Waals surface area (Å²) < 4.78 is 0. The van der Waals surface area contributed by atoms with Gasteiger partial charge in [-0.25, -0.2) is 0 Å². The van der Waals surface area contributed by atoms with Gasteiger partial charge in [0.05, 0.1) is 5.52 Å². The molecule has 0 saturated carbocycles. The van der Waals surface area contributed by atoms with Crippen LogP contribution in [-0.4, -0.2) is 28.5 Å². The number of para-hydroxylation sites is 1. The Bertz CT molecular complexity index is 781. The van der Waals surface area contributed by atoms with Gasteiger partial charge in [0.2, 0.25) is 0 Å². The first-order chi connectivity index (χ1) is 9.84. The second-order valence-corrected chi connectivity index (χ2v) is 5.60. The summed E-state index contributed by atoms with van der Waals surface area (Å²) in [5.41, 5.74) is 2.36. The molecule has 0 spiro atoms. The van der Waals surface area contributed by atoms with Crippen molar-refractivity contribution in [2.45, 2.75) is 18.9 Å². The summed E-state index contributed by atoms with van der Waals surface area (Å²) in [7, 11) is 2.20. The van der Waals surface area contributed by atoms with E-state index in [0.29, 0.717) is 6.04 Å². The van der Waals surface area contributed by atoms with Crippen molar-refractivity contribution in [2.24, 2.45) is 0 Å². The van der Waals surface area contributed by atoms with Gasteiger partial charge in [0, 0.05) is 40.8 Å². The van der Waals surface area contributed by atoms with Crippen LogP contribution in [0.2, 0.25) is 0 Å². The number of rotatable bonds is 1. The molecule has 1 fully saturated rings. The maximum atomic E-state index is 4.62. The molecule has 3 heteroatoms. The average Bonchev–Trinajstić information content (AvgIpc) is 2.92. The minimum absolute atomic E-state index is 0.481. The zero-order valence-corrected chi connectivity index (χ0v) is 11.6. The van der Waals surface area contributed by atoms with Gasteiger partial charge in [-0.05, 0) is 38.1 Å². The molecular weight excluding hydrogens is 246 g/mol. The second kappa shape index (κ2) is 4.53. The second-order valence-electron chi connectivity index (χ2n) is 5.60. The van der Waals surface area contributed by atoms with E-state index >= 15 is 0 Å². The van der Waals surface area contributed by atoms with Crippen molar-refractivity contribution < 1.29 is 0 Å². The van der Waals surface area contributed by atoms with E-state index in [4.69, 9.17) is 0 Å². The van der Waals surface area contributed by atoms with Crippen molar-refractivity contribution in [1.29, 1.82) is 0 Å². The number of hydrogen-bond donors (Lipinski definition) is 0. The molecule has 3 nitrogen and oxygen atoms in total. The van der Waals surface area contributed by atoms with Gasteiger partial charge in [-0.15, -0.1) is 0 Å². The largest absolute Gasteiger partial charge is 0.299 e. The molecule has 0 unspecified atom stereocenters. The van der Waals surface area contributed by atoms with Crippen molar-refractivity contribution in [3.8, 4) is 0 Å². The Hall–Kier alpha value is -2.00. The topological polar surface area (TPSA) is 29.0 Å². The van der Waals surface area contributed by atoms with E-state index in [-0.39, 0.29) is 0 Å². The predicted molar refractivity (Wildman–Crippen MR) is 81.6 cm³/mol. The number of hydrogen-bond acceptors (Lipinski definition) is 3. The number of benzene rings is 1. The average molecular weight is 263 g/mol. The smallest absolute Gasteiger partial charge is 0.0709 e. The Labute approximate surface area is 118 Å². The van der Waals surface area contributed by atoms with E-state index in [2.05, 4.69) is 40.1 Å². The number of pyridine rings is 2. The van der Waals surface area contributed by atoms with Gasteiger partial charge in [-0.3, -0.25) is 14.9 Å². The lowest BCUT2D eigenvalue weighted by atomic mass is 9.99. The summed E-state index contributed by atoms with van der Waals surface area (Å²) in [6, 6.07) is 8.77. The van der Waals surface area contributed by atoms with Crippen molar-refractivity contribution in [3.05, 3.63) is 48.4 Å². The highest BCUT2D eigenvalue weighted by atomic mass is 15.1. The number of likely N-dealkylation sites (tertiary alicyclic amines) is 1. The van der Waals surface area contributed by atoms with Gasteiger partial charge in [0.15, 0.2) is 0 Å². The van der Waals surface area contributed by atoms with Gasteiger partial charge in [-0.1, -0.05) is 18.2 Å². The fourth-order valence-corrected chi connectivity index (χ4v) is 3.36. The quantitative estimate of drug-likeness (QED) is 0.629. The molecule has 1 saturated heterocycles. The lowest BCUT2D eigenvalue weighted by Crippen LogP contribution is -2.17.